The summed E-state index contributed by atoms with van der Waals surface area (Å²) in [6.07, 6.45) is 2.99. The molecule has 8 nitrogen and oxygen atoms in total. The highest BCUT2D eigenvalue weighted by molar-refractivity contribution is 5.95. The topological polar surface area (TPSA) is 126 Å². The summed E-state index contributed by atoms with van der Waals surface area (Å²) in [7, 11) is 0. The number of primary amides is 1. The summed E-state index contributed by atoms with van der Waals surface area (Å²) in [6, 6.07) is 0. The zero-order valence-corrected chi connectivity index (χ0v) is 8.38. The van der Waals surface area contributed by atoms with Gasteiger partial charge < -0.3 is 15.6 Å². The van der Waals surface area contributed by atoms with Crippen molar-refractivity contribution in [3.05, 3.63) is 12.0 Å². The largest absolute Gasteiger partial charge is 0.394 e. The lowest BCUT2D eigenvalue weighted by atomic mass is 10.4. The normalized spacial score (nSPS) is 9.75. The molecule has 1 amide bonds. The molecule has 0 spiro atoms. The molecule has 0 aliphatic heterocycles. The van der Waals surface area contributed by atoms with Crippen molar-refractivity contribution in [2.45, 2.75) is 6.73 Å². The van der Waals surface area contributed by atoms with Crippen molar-refractivity contribution in [3.63, 3.8) is 0 Å². The Hall–Kier alpha value is -2.11. The number of nitrogens with one attached hydrogen (secondary N) is 1. The highest BCUT2D eigenvalue weighted by atomic mass is 16.5. The van der Waals surface area contributed by atoms with Crippen LogP contribution in [0.3, 0.4) is 0 Å². The van der Waals surface area contributed by atoms with Gasteiger partial charge in [0, 0.05) is 0 Å². The number of carbonyl (C=O) groups excluding carboxylic acids is 1. The summed E-state index contributed by atoms with van der Waals surface area (Å²) in [5.41, 5.74) is 5.03. The summed E-state index contributed by atoms with van der Waals surface area (Å²) in [6.45, 7) is 0.0965. The molecule has 0 bridgehead atoms. The molecule has 1 rings (SSSR count). The Balaban J connectivity index is 2.83. The molecule has 1 aromatic heterocycles. The number of nitrogens with zero attached hydrogens (tertiary/aromatic N) is 3. The second-order valence-electron chi connectivity index (χ2n) is 2.77. The van der Waals surface area contributed by atoms with Crippen LogP contribution in [0.5, 0.6) is 0 Å². The zero-order valence-electron chi connectivity index (χ0n) is 8.38. The van der Waals surface area contributed by atoms with E-state index in [1.165, 1.54) is 10.9 Å². The molecule has 0 saturated carbocycles. The van der Waals surface area contributed by atoms with Crippen LogP contribution >= 0.6 is 0 Å². The first kappa shape index (κ1) is 12.0. The van der Waals surface area contributed by atoms with Gasteiger partial charge in [-0.15, -0.1) is 0 Å². The van der Waals surface area contributed by atoms with Gasteiger partial charge in [-0.3, -0.25) is 14.7 Å². The lowest BCUT2D eigenvalue weighted by molar-refractivity contribution is 0.0491. The van der Waals surface area contributed by atoms with E-state index < -0.39 is 5.91 Å². The number of rotatable bonds is 6. The van der Waals surface area contributed by atoms with E-state index in [1.54, 1.807) is 6.19 Å². The number of amides is 1. The summed E-state index contributed by atoms with van der Waals surface area (Å²) in [5, 5.41) is 19.3. The number of aliphatic hydroxyl groups excluding tert-OH is 1. The van der Waals surface area contributed by atoms with E-state index in [4.69, 9.17) is 20.8 Å². The van der Waals surface area contributed by atoms with Crippen LogP contribution in [0.2, 0.25) is 0 Å². The van der Waals surface area contributed by atoms with Crippen LogP contribution < -0.4 is 11.1 Å². The Morgan fingerprint density at radius 3 is 3.12 bits per heavy atom. The van der Waals surface area contributed by atoms with Gasteiger partial charge in [-0.1, -0.05) is 0 Å². The molecule has 8 heteroatoms. The number of aliphatic hydroxyl groups is 1. The number of imidazole rings is 1. The van der Waals surface area contributed by atoms with Crippen molar-refractivity contribution < 1.29 is 14.6 Å². The van der Waals surface area contributed by atoms with Gasteiger partial charge in [-0.25, -0.2) is 4.98 Å². The average molecular weight is 225 g/mol. The standard InChI is InChI=1S/C8H11N5O3/c9-3-11-8-6(7(10)15)12-4-13(8)5-16-2-1-14/h4,11,14H,1-2,5H2,(H2,10,15). The maximum Gasteiger partial charge on any atom is 0.271 e. The van der Waals surface area contributed by atoms with Gasteiger partial charge in [-0.05, 0) is 0 Å². The molecule has 1 heterocycles. The van der Waals surface area contributed by atoms with Crippen molar-refractivity contribution in [3.8, 4) is 6.19 Å². The van der Waals surface area contributed by atoms with Crippen LogP contribution in [-0.4, -0.2) is 33.8 Å². The Bertz CT molecular complexity index is 408. The van der Waals surface area contributed by atoms with Gasteiger partial charge in [0.05, 0.1) is 19.5 Å². The molecule has 0 aliphatic carbocycles. The van der Waals surface area contributed by atoms with Crippen molar-refractivity contribution in [2.24, 2.45) is 5.73 Å². The third-order valence-electron chi connectivity index (χ3n) is 1.71. The fourth-order valence-corrected chi connectivity index (χ4v) is 1.07. The zero-order chi connectivity index (χ0) is 12.0. The predicted molar refractivity (Wildman–Crippen MR) is 53.0 cm³/mol. The molecule has 1 aromatic rings. The minimum atomic E-state index is -0.737. The highest BCUT2D eigenvalue weighted by Crippen LogP contribution is 2.13. The number of anilines is 1. The number of hydrogen-bond donors (Lipinski definition) is 3. The average Bonchev–Trinajstić information content (AvgIpc) is 2.63. The first-order valence-electron chi connectivity index (χ1n) is 4.39. The minimum Gasteiger partial charge on any atom is -0.394 e. The molecule has 0 aromatic carbocycles. The van der Waals surface area contributed by atoms with E-state index in [1.807, 2.05) is 0 Å². The lowest BCUT2D eigenvalue weighted by Crippen LogP contribution is -2.15. The third kappa shape index (κ3) is 2.69. The van der Waals surface area contributed by atoms with Crippen LogP contribution in [0.15, 0.2) is 6.33 Å². The van der Waals surface area contributed by atoms with E-state index >= 15 is 0 Å². The number of carbonyl (C=O) groups is 1. The summed E-state index contributed by atoms with van der Waals surface area (Å²) >= 11 is 0. The lowest BCUT2D eigenvalue weighted by Gasteiger charge is -2.06. The molecule has 0 aliphatic rings. The van der Waals surface area contributed by atoms with Crippen LogP contribution in [0, 0.1) is 11.5 Å². The third-order valence-corrected chi connectivity index (χ3v) is 1.71. The maximum atomic E-state index is 11.0. The first-order chi connectivity index (χ1) is 7.70. The van der Waals surface area contributed by atoms with Gasteiger partial charge in [0.1, 0.15) is 6.73 Å². The molecule has 0 fully saturated rings. The van der Waals surface area contributed by atoms with Gasteiger partial charge >= 0.3 is 0 Å². The molecule has 4 N–H and O–H groups in total. The quantitative estimate of drug-likeness (QED) is 0.318. The number of nitriles is 1. The molecule has 0 radical (unpaired) electrons. The molecule has 16 heavy (non-hydrogen) atoms. The van der Waals surface area contributed by atoms with Crippen molar-refractivity contribution in [1.29, 1.82) is 5.26 Å². The second-order valence-corrected chi connectivity index (χ2v) is 2.77. The number of nitrogens with two attached hydrogens (primary N) is 1. The Morgan fingerprint density at radius 2 is 2.56 bits per heavy atom. The number of hydrogen-bond acceptors (Lipinski definition) is 6. The number of aromatic nitrogens is 2. The Labute approximate surface area is 91.2 Å². The first-order valence-corrected chi connectivity index (χ1v) is 4.39. The summed E-state index contributed by atoms with van der Waals surface area (Å²) in [5.74, 6) is -0.563. The van der Waals surface area contributed by atoms with Gasteiger partial charge in [0.15, 0.2) is 17.7 Å². The van der Waals surface area contributed by atoms with Crippen LogP contribution in [0.1, 0.15) is 10.5 Å². The SMILES string of the molecule is N#CNc1c(C(N)=O)ncn1COCCO. The van der Waals surface area contributed by atoms with E-state index in [0.29, 0.717) is 0 Å². The van der Waals surface area contributed by atoms with Crippen molar-refractivity contribution in [1.82, 2.24) is 9.55 Å². The molecule has 0 unspecified atom stereocenters. The van der Waals surface area contributed by atoms with Crippen LogP contribution in [0.4, 0.5) is 5.82 Å². The van der Waals surface area contributed by atoms with Crippen molar-refractivity contribution >= 4 is 11.7 Å². The van der Waals surface area contributed by atoms with Gasteiger partial charge in [-0.2, -0.15) is 5.26 Å². The fourth-order valence-electron chi connectivity index (χ4n) is 1.07. The van der Waals surface area contributed by atoms with Crippen molar-refractivity contribution in [2.75, 3.05) is 18.5 Å². The summed E-state index contributed by atoms with van der Waals surface area (Å²) < 4.78 is 6.42. The monoisotopic (exact) mass is 225 g/mol. The predicted octanol–water partition coefficient (Wildman–Crippen LogP) is -1.16. The van der Waals surface area contributed by atoms with E-state index in [0.717, 1.165) is 0 Å². The molecule has 0 atom stereocenters. The Kier molecular flexibility index (Phi) is 4.26. The summed E-state index contributed by atoms with van der Waals surface area (Å²) in [4.78, 5) is 14.7. The molecular formula is C8H11N5O3. The molecule has 86 valence electrons. The smallest absolute Gasteiger partial charge is 0.271 e. The Morgan fingerprint density at radius 1 is 1.81 bits per heavy atom. The number of ether oxygens (including phenoxy) is 1. The maximum absolute atomic E-state index is 11.0. The van der Waals surface area contributed by atoms with Gasteiger partial charge in [0.25, 0.3) is 5.91 Å². The fraction of sp³-hybridized carbons (Fsp3) is 0.375. The minimum absolute atomic E-state index is 0.0332. The van der Waals surface area contributed by atoms with E-state index in [2.05, 4.69) is 10.3 Å². The van der Waals surface area contributed by atoms with E-state index in [-0.39, 0.29) is 31.5 Å². The van der Waals surface area contributed by atoms with Crippen LogP contribution in [0.25, 0.3) is 0 Å². The molecular weight excluding hydrogens is 214 g/mol. The van der Waals surface area contributed by atoms with Crippen LogP contribution in [-0.2, 0) is 11.5 Å². The molecule has 0 saturated heterocycles. The highest BCUT2D eigenvalue weighted by Gasteiger charge is 2.15. The second kappa shape index (κ2) is 5.69. The van der Waals surface area contributed by atoms with E-state index in [9.17, 15) is 4.79 Å². The van der Waals surface area contributed by atoms with Gasteiger partial charge in [0.2, 0.25) is 0 Å².